The molecule has 7 heteroatoms. The highest BCUT2D eigenvalue weighted by molar-refractivity contribution is 5.90. The van der Waals surface area contributed by atoms with E-state index in [9.17, 15) is 4.79 Å². The van der Waals surface area contributed by atoms with Gasteiger partial charge in [0.1, 0.15) is 0 Å². The number of hydrogen-bond acceptors (Lipinski definition) is 5. The highest BCUT2D eigenvalue weighted by atomic mass is 16.1. The van der Waals surface area contributed by atoms with Crippen LogP contribution in [0.25, 0.3) is 0 Å². The van der Waals surface area contributed by atoms with Crippen LogP contribution in [-0.2, 0) is 11.3 Å². The molecule has 1 N–H and O–H groups in total. The third-order valence-electron chi connectivity index (χ3n) is 3.79. The number of aromatic nitrogens is 3. The van der Waals surface area contributed by atoms with E-state index in [1.807, 2.05) is 18.3 Å². The molecule has 24 heavy (non-hydrogen) atoms. The molecule has 0 aromatic carbocycles. The second kappa shape index (κ2) is 7.04. The first-order valence-corrected chi connectivity index (χ1v) is 7.79. The number of rotatable bonds is 8. The lowest BCUT2D eigenvalue weighted by Crippen LogP contribution is -2.18. The average Bonchev–Trinajstić information content (AvgIpc) is 3.17. The lowest BCUT2D eigenvalue weighted by molar-refractivity contribution is -0.116. The molecule has 2 aromatic rings. The molecule has 1 amide bonds. The summed E-state index contributed by atoms with van der Waals surface area (Å²) in [6.45, 7) is 0.559. The Morgan fingerprint density at radius 2 is 2.21 bits per heavy atom. The first-order chi connectivity index (χ1) is 11.7. The topological polar surface area (TPSA) is 84.5 Å². The van der Waals surface area contributed by atoms with E-state index in [-0.39, 0.29) is 5.91 Å². The normalized spacial score (nSPS) is 14.1. The van der Waals surface area contributed by atoms with Gasteiger partial charge in [-0.2, -0.15) is 15.3 Å². The number of nitrogens with zero attached hydrogens (tertiary/aromatic N) is 5. The van der Waals surface area contributed by atoms with Crippen LogP contribution in [0, 0.1) is 12.3 Å². The fourth-order valence-electron chi connectivity index (χ4n) is 2.41. The second-order valence-corrected chi connectivity index (χ2v) is 5.67. The van der Waals surface area contributed by atoms with Crippen LogP contribution in [0.1, 0.15) is 31.4 Å². The number of hydrogen-bond donors (Lipinski definition) is 1. The number of anilines is 1. The molecule has 1 aliphatic rings. The van der Waals surface area contributed by atoms with Crippen LogP contribution in [0.4, 0.5) is 5.69 Å². The Morgan fingerprint density at radius 3 is 2.92 bits per heavy atom. The van der Waals surface area contributed by atoms with Crippen LogP contribution in [-0.4, -0.2) is 26.3 Å². The summed E-state index contributed by atoms with van der Waals surface area (Å²) in [6.07, 6.45) is 12.8. The maximum absolute atomic E-state index is 12.1. The molecule has 0 fully saturated rings. The smallest absolute Gasteiger partial charge is 0.224 e. The van der Waals surface area contributed by atoms with Gasteiger partial charge in [0, 0.05) is 50.0 Å². The molecular formula is C17H18N6O. The molecule has 0 radical (unpaired) electrons. The van der Waals surface area contributed by atoms with Gasteiger partial charge in [-0.3, -0.25) is 14.5 Å². The number of terminal acetylenes is 1. The Bertz CT molecular complexity index is 769. The SMILES string of the molecule is C#CCCC1(CCC(=O)Nc2ccnc(Cn3cccn3)c2)N=N1. The van der Waals surface area contributed by atoms with Gasteiger partial charge in [0.15, 0.2) is 5.66 Å². The zero-order valence-corrected chi connectivity index (χ0v) is 13.2. The summed E-state index contributed by atoms with van der Waals surface area (Å²) in [4.78, 5) is 16.4. The van der Waals surface area contributed by atoms with Crippen LogP contribution in [0.2, 0.25) is 0 Å². The third kappa shape index (κ3) is 4.26. The van der Waals surface area contributed by atoms with Gasteiger partial charge in [-0.15, -0.1) is 12.3 Å². The van der Waals surface area contributed by atoms with Crippen molar-refractivity contribution in [1.29, 1.82) is 0 Å². The molecule has 122 valence electrons. The fourth-order valence-corrected chi connectivity index (χ4v) is 2.41. The van der Waals surface area contributed by atoms with Crippen molar-refractivity contribution in [1.82, 2.24) is 14.8 Å². The van der Waals surface area contributed by atoms with Crippen molar-refractivity contribution < 1.29 is 4.79 Å². The van der Waals surface area contributed by atoms with Crippen molar-refractivity contribution in [3.8, 4) is 12.3 Å². The predicted molar refractivity (Wildman–Crippen MR) is 89.1 cm³/mol. The average molecular weight is 322 g/mol. The van der Waals surface area contributed by atoms with E-state index in [4.69, 9.17) is 6.42 Å². The number of nitrogens with one attached hydrogen (secondary N) is 1. The van der Waals surface area contributed by atoms with Gasteiger partial charge in [-0.25, -0.2) is 0 Å². The third-order valence-corrected chi connectivity index (χ3v) is 3.79. The summed E-state index contributed by atoms with van der Waals surface area (Å²) < 4.78 is 1.78. The number of carbonyl (C=O) groups is 1. The molecule has 3 rings (SSSR count). The summed E-state index contributed by atoms with van der Waals surface area (Å²) >= 11 is 0. The minimum atomic E-state index is -0.423. The largest absolute Gasteiger partial charge is 0.326 e. The summed E-state index contributed by atoms with van der Waals surface area (Å²) in [7, 11) is 0. The minimum Gasteiger partial charge on any atom is -0.326 e. The van der Waals surface area contributed by atoms with Crippen molar-refractivity contribution in [2.45, 2.75) is 37.9 Å². The van der Waals surface area contributed by atoms with Crippen LogP contribution < -0.4 is 5.32 Å². The number of amides is 1. The summed E-state index contributed by atoms with van der Waals surface area (Å²) in [5.74, 6) is 2.51. The maximum Gasteiger partial charge on any atom is 0.224 e. The molecule has 0 spiro atoms. The zero-order chi connectivity index (χ0) is 16.8. The van der Waals surface area contributed by atoms with Crippen molar-refractivity contribution in [3.63, 3.8) is 0 Å². The highest BCUT2D eigenvalue weighted by Crippen LogP contribution is 2.37. The van der Waals surface area contributed by atoms with Crippen LogP contribution in [0.5, 0.6) is 0 Å². The van der Waals surface area contributed by atoms with Gasteiger partial charge < -0.3 is 5.32 Å². The minimum absolute atomic E-state index is 0.0661. The molecule has 0 unspecified atom stereocenters. The number of carbonyl (C=O) groups excluding carboxylic acids is 1. The van der Waals surface area contributed by atoms with Crippen molar-refractivity contribution in [2.24, 2.45) is 10.2 Å². The lowest BCUT2D eigenvalue weighted by atomic mass is 10.0. The van der Waals surface area contributed by atoms with Crippen molar-refractivity contribution >= 4 is 11.6 Å². The van der Waals surface area contributed by atoms with E-state index < -0.39 is 5.66 Å². The van der Waals surface area contributed by atoms with Gasteiger partial charge in [-0.05, 0) is 18.2 Å². The molecule has 0 bridgehead atoms. The molecule has 7 nitrogen and oxygen atoms in total. The summed E-state index contributed by atoms with van der Waals surface area (Å²) in [5.41, 5.74) is 1.13. The molecule has 0 saturated carbocycles. The van der Waals surface area contributed by atoms with Gasteiger partial charge in [0.05, 0.1) is 12.2 Å². The van der Waals surface area contributed by atoms with E-state index in [0.717, 1.165) is 11.4 Å². The van der Waals surface area contributed by atoms with Crippen LogP contribution in [0.15, 0.2) is 47.0 Å². The predicted octanol–water partition coefficient (Wildman–Crippen LogP) is 2.62. The van der Waals surface area contributed by atoms with Gasteiger partial charge in [0.2, 0.25) is 5.91 Å². The van der Waals surface area contributed by atoms with Crippen LogP contribution >= 0.6 is 0 Å². The van der Waals surface area contributed by atoms with E-state index in [0.29, 0.717) is 32.2 Å². The van der Waals surface area contributed by atoms with Crippen LogP contribution in [0.3, 0.4) is 0 Å². The number of pyridine rings is 1. The molecule has 0 atom stereocenters. The zero-order valence-electron chi connectivity index (χ0n) is 13.2. The fraction of sp³-hybridized carbons (Fsp3) is 0.353. The first-order valence-electron chi connectivity index (χ1n) is 7.79. The van der Waals surface area contributed by atoms with Crippen molar-refractivity contribution in [2.75, 3.05) is 5.32 Å². The van der Waals surface area contributed by atoms with E-state index >= 15 is 0 Å². The van der Waals surface area contributed by atoms with Crippen molar-refractivity contribution in [3.05, 3.63) is 42.5 Å². The van der Waals surface area contributed by atoms with E-state index in [1.165, 1.54) is 0 Å². The van der Waals surface area contributed by atoms with E-state index in [1.54, 1.807) is 23.1 Å². The Hall–Kier alpha value is -3.01. The summed E-state index contributed by atoms with van der Waals surface area (Å²) in [6, 6.07) is 5.47. The van der Waals surface area contributed by atoms with Gasteiger partial charge in [-0.1, -0.05) is 0 Å². The maximum atomic E-state index is 12.1. The molecule has 0 aliphatic carbocycles. The molecule has 1 aliphatic heterocycles. The molecule has 2 aromatic heterocycles. The Morgan fingerprint density at radius 1 is 1.33 bits per heavy atom. The Kier molecular flexibility index (Phi) is 4.66. The quantitative estimate of drug-likeness (QED) is 0.758. The van der Waals surface area contributed by atoms with Gasteiger partial charge >= 0.3 is 0 Å². The first kappa shape index (κ1) is 15.9. The second-order valence-electron chi connectivity index (χ2n) is 5.67. The molecular weight excluding hydrogens is 304 g/mol. The molecule has 3 heterocycles. The Balaban J connectivity index is 1.50. The van der Waals surface area contributed by atoms with Gasteiger partial charge in [0.25, 0.3) is 0 Å². The molecule has 0 saturated heterocycles. The standard InChI is InChI=1S/C17H18N6O/c1-2-3-7-17(21-22-17)8-5-16(24)20-14-6-10-18-15(12-14)13-23-11-4-9-19-23/h1,4,6,9-12H,3,5,7-8,13H2,(H,18,20,24). The summed E-state index contributed by atoms with van der Waals surface area (Å²) in [5, 5.41) is 15.1. The highest BCUT2D eigenvalue weighted by Gasteiger charge is 2.39. The monoisotopic (exact) mass is 322 g/mol. The Labute approximate surface area is 140 Å². The lowest BCUT2D eigenvalue weighted by Gasteiger charge is -2.10. The van der Waals surface area contributed by atoms with E-state index in [2.05, 4.69) is 31.5 Å².